The van der Waals surface area contributed by atoms with Crippen LogP contribution in [0, 0.1) is 0 Å². The van der Waals surface area contributed by atoms with Gasteiger partial charge in [-0.1, -0.05) is 0 Å². The van der Waals surface area contributed by atoms with Crippen LogP contribution in [0.25, 0.3) is 0 Å². The molecule has 0 bridgehead atoms. The first-order chi connectivity index (χ1) is 11.2. The number of thioether (sulfide) groups is 1. The molecule has 1 unspecified atom stereocenters. The molecule has 1 saturated heterocycles. The fourth-order valence-electron chi connectivity index (χ4n) is 2.34. The van der Waals surface area contributed by atoms with Gasteiger partial charge < -0.3 is 9.64 Å². The van der Waals surface area contributed by atoms with E-state index < -0.39 is 0 Å². The summed E-state index contributed by atoms with van der Waals surface area (Å²) in [6.45, 7) is 1.34. The first-order valence-electron chi connectivity index (χ1n) is 7.30. The van der Waals surface area contributed by atoms with Crippen LogP contribution in [0.2, 0.25) is 0 Å². The Hall–Kier alpha value is -1.60. The summed E-state index contributed by atoms with van der Waals surface area (Å²) >= 11 is 4.95. The van der Waals surface area contributed by atoms with Gasteiger partial charge in [0, 0.05) is 36.5 Å². The number of aromatic nitrogens is 2. The Morgan fingerprint density at radius 2 is 2.17 bits per heavy atom. The van der Waals surface area contributed by atoms with Crippen LogP contribution < -0.4 is 4.74 Å². The maximum Gasteiger partial charge on any atom is 0.233 e. The number of pyridine rings is 2. The van der Waals surface area contributed by atoms with Crippen molar-refractivity contribution in [3.05, 3.63) is 47.3 Å². The van der Waals surface area contributed by atoms with Crippen molar-refractivity contribution in [2.75, 3.05) is 18.8 Å². The van der Waals surface area contributed by atoms with Crippen LogP contribution in [-0.4, -0.2) is 45.7 Å². The molecule has 1 fully saturated rings. The van der Waals surface area contributed by atoms with Crippen LogP contribution in [0.3, 0.4) is 0 Å². The highest BCUT2D eigenvalue weighted by molar-refractivity contribution is 9.10. The van der Waals surface area contributed by atoms with Crippen molar-refractivity contribution in [1.82, 2.24) is 14.9 Å². The lowest BCUT2D eigenvalue weighted by atomic mass is 10.3. The second-order valence-electron chi connectivity index (χ2n) is 5.13. The molecular formula is C16H16BrN3O2S. The largest absolute Gasteiger partial charge is 0.472 e. The maximum atomic E-state index is 12.3. The summed E-state index contributed by atoms with van der Waals surface area (Å²) in [5.74, 6) is 1.15. The second kappa shape index (κ2) is 7.79. The zero-order chi connectivity index (χ0) is 16.1. The molecule has 2 aromatic heterocycles. The molecule has 0 radical (unpaired) electrons. The van der Waals surface area contributed by atoms with Gasteiger partial charge in [0.2, 0.25) is 11.8 Å². The Morgan fingerprint density at radius 3 is 2.96 bits per heavy atom. The molecule has 0 aliphatic carbocycles. The number of carbonyl (C=O) groups is 1. The van der Waals surface area contributed by atoms with Crippen molar-refractivity contribution in [3.8, 4) is 5.88 Å². The molecule has 1 aliphatic rings. The quantitative estimate of drug-likeness (QED) is 0.730. The van der Waals surface area contributed by atoms with Gasteiger partial charge in [-0.25, -0.2) is 4.98 Å². The van der Waals surface area contributed by atoms with Gasteiger partial charge in [0.25, 0.3) is 0 Å². The van der Waals surface area contributed by atoms with Gasteiger partial charge in [-0.2, -0.15) is 0 Å². The lowest BCUT2D eigenvalue weighted by molar-refractivity contribution is -0.127. The van der Waals surface area contributed by atoms with Crippen molar-refractivity contribution in [2.24, 2.45) is 0 Å². The first kappa shape index (κ1) is 16.3. The van der Waals surface area contributed by atoms with E-state index in [0.717, 1.165) is 22.3 Å². The molecule has 3 rings (SSSR count). The zero-order valence-electron chi connectivity index (χ0n) is 12.4. The van der Waals surface area contributed by atoms with Crippen molar-refractivity contribution in [1.29, 1.82) is 0 Å². The Morgan fingerprint density at radius 1 is 1.35 bits per heavy atom. The highest BCUT2D eigenvalue weighted by Gasteiger charge is 2.28. The Bertz CT molecular complexity index is 671. The summed E-state index contributed by atoms with van der Waals surface area (Å²) in [7, 11) is 0. The summed E-state index contributed by atoms with van der Waals surface area (Å²) in [6, 6.07) is 7.56. The van der Waals surface area contributed by atoms with E-state index >= 15 is 0 Å². The van der Waals surface area contributed by atoms with Crippen LogP contribution in [0.1, 0.15) is 6.42 Å². The second-order valence-corrected chi connectivity index (χ2v) is 7.03. The average molecular weight is 394 g/mol. The number of carbonyl (C=O) groups excluding carboxylic acids is 1. The van der Waals surface area contributed by atoms with Gasteiger partial charge in [0.05, 0.1) is 16.8 Å². The SMILES string of the molecule is O=C(CSc1ccncc1)N1CCC(Oc2ncccc2Br)C1. The van der Waals surface area contributed by atoms with E-state index in [4.69, 9.17) is 4.74 Å². The number of nitrogens with zero attached hydrogens (tertiary/aromatic N) is 3. The minimum absolute atomic E-state index is 0.00363. The van der Waals surface area contributed by atoms with E-state index in [9.17, 15) is 4.79 Å². The fourth-order valence-corrected chi connectivity index (χ4v) is 3.47. The lowest BCUT2D eigenvalue weighted by Crippen LogP contribution is -2.32. The smallest absolute Gasteiger partial charge is 0.233 e. The Labute approximate surface area is 147 Å². The van der Waals surface area contributed by atoms with Crippen LogP contribution >= 0.6 is 27.7 Å². The predicted molar refractivity (Wildman–Crippen MR) is 92.5 cm³/mol. The minimum atomic E-state index is -0.00363. The van der Waals surface area contributed by atoms with Crippen LogP contribution in [0.5, 0.6) is 5.88 Å². The van der Waals surface area contributed by atoms with Gasteiger partial charge in [-0.15, -0.1) is 11.8 Å². The number of likely N-dealkylation sites (tertiary alicyclic amines) is 1. The number of amides is 1. The minimum Gasteiger partial charge on any atom is -0.472 e. The molecule has 0 N–H and O–H groups in total. The number of ether oxygens (including phenoxy) is 1. The molecule has 1 amide bonds. The van der Waals surface area contributed by atoms with Crippen molar-refractivity contribution in [3.63, 3.8) is 0 Å². The Balaban J connectivity index is 1.49. The molecule has 1 atom stereocenters. The van der Waals surface area contributed by atoms with Crippen molar-refractivity contribution in [2.45, 2.75) is 17.4 Å². The van der Waals surface area contributed by atoms with Gasteiger partial charge in [0.1, 0.15) is 6.10 Å². The van der Waals surface area contributed by atoms with E-state index in [2.05, 4.69) is 25.9 Å². The summed E-state index contributed by atoms with van der Waals surface area (Å²) in [6.07, 6.45) is 5.99. The fraction of sp³-hybridized carbons (Fsp3) is 0.312. The summed E-state index contributed by atoms with van der Waals surface area (Å²) in [5, 5.41) is 0. The predicted octanol–water partition coefficient (Wildman–Crippen LogP) is 3.01. The third kappa shape index (κ3) is 4.45. The topological polar surface area (TPSA) is 55.3 Å². The molecule has 2 aromatic rings. The van der Waals surface area contributed by atoms with Crippen LogP contribution in [0.4, 0.5) is 0 Å². The molecule has 0 spiro atoms. The van der Waals surface area contributed by atoms with Gasteiger partial charge in [-0.3, -0.25) is 9.78 Å². The van der Waals surface area contributed by atoms with Crippen molar-refractivity contribution >= 4 is 33.6 Å². The molecule has 3 heterocycles. The average Bonchev–Trinajstić information content (AvgIpc) is 3.04. The first-order valence-corrected chi connectivity index (χ1v) is 9.08. The molecule has 1 aliphatic heterocycles. The third-order valence-corrected chi connectivity index (χ3v) is 5.11. The molecule has 0 saturated carbocycles. The molecule has 120 valence electrons. The molecule has 5 nitrogen and oxygen atoms in total. The number of hydrogen-bond donors (Lipinski definition) is 0. The van der Waals surface area contributed by atoms with Gasteiger partial charge in [-0.05, 0) is 40.2 Å². The standard InChI is InChI=1S/C16H16BrN3O2S/c17-14-2-1-6-19-16(14)22-12-5-9-20(10-12)15(21)11-23-13-3-7-18-8-4-13/h1-4,6-8,12H,5,9-11H2. The normalized spacial score (nSPS) is 17.3. The zero-order valence-corrected chi connectivity index (χ0v) is 14.8. The summed E-state index contributed by atoms with van der Waals surface area (Å²) in [4.78, 5) is 23.4. The Kier molecular flexibility index (Phi) is 5.51. The lowest BCUT2D eigenvalue weighted by Gasteiger charge is -2.17. The molecule has 0 aromatic carbocycles. The van der Waals surface area contributed by atoms with E-state index in [-0.39, 0.29) is 12.0 Å². The number of halogens is 1. The summed E-state index contributed by atoms with van der Waals surface area (Å²) in [5.41, 5.74) is 0. The maximum absolute atomic E-state index is 12.3. The monoisotopic (exact) mass is 393 g/mol. The van der Waals surface area contributed by atoms with Gasteiger partial charge >= 0.3 is 0 Å². The number of rotatable bonds is 5. The summed E-state index contributed by atoms with van der Waals surface area (Å²) < 4.78 is 6.71. The number of hydrogen-bond acceptors (Lipinski definition) is 5. The third-order valence-electron chi connectivity index (χ3n) is 3.51. The van der Waals surface area contributed by atoms with E-state index in [0.29, 0.717) is 18.2 Å². The highest BCUT2D eigenvalue weighted by Crippen LogP contribution is 2.25. The van der Waals surface area contributed by atoms with Gasteiger partial charge in [0.15, 0.2) is 0 Å². The van der Waals surface area contributed by atoms with E-state index in [1.165, 1.54) is 11.8 Å². The molecule has 7 heteroatoms. The van der Waals surface area contributed by atoms with Crippen LogP contribution in [-0.2, 0) is 4.79 Å². The molecular weight excluding hydrogens is 378 g/mol. The van der Waals surface area contributed by atoms with E-state index in [1.54, 1.807) is 18.6 Å². The highest BCUT2D eigenvalue weighted by atomic mass is 79.9. The van der Waals surface area contributed by atoms with E-state index in [1.807, 2.05) is 29.2 Å². The van der Waals surface area contributed by atoms with Crippen LogP contribution in [0.15, 0.2) is 52.2 Å². The molecule has 23 heavy (non-hydrogen) atoms. The van der Waals surface area contributed by atoms with Crippen molar-refractivity contribution < 1.29 is 9.53 Å².